The zero-order valence-corrected chi connectivity index (χ0v) is 13.5. The fourth-order valence-electron chi connectivity index (χ4n) is 2.60. The van der Waals surface area contributed by atoms with Crippen LogP contribution in [0, 0.1) is 11.3 Å². The third-order valence-electron chi connectivity index (χ3n) is 3.72. The van der Waals surface area contributed by atoms with E-state index in [1.54, 1.807) is 19.1 Å². The molecular formula is C15H26N4O3. The Morgan fingerprint density at radius 2 is 1.91 bits per heavy atom. The summed E-state index contributed by atoms with van der Waals surface area (Å²) in [6.45, 7) is 1.42. The van der Waals surface area contributed by atoms with E-state index in [0.717, 1.165) is 19.3 Å². The lowest BCUT2D eigenvalue weighted by Gasteiger charge is -2.24. The molecule has 1 aliphatic carbocycles. The van der Waals surface area contributed by atoms with Gasteiger partial charge < -0.3 is 15.4 Å². The minimum atomic E-state index is -0.708. The van der Waals surface area contributed by atoms with Gasteiger partial charge in [-0.1, -0.05) is 0 Å². The summed E-state index contributed by atoms with van der Waals surface area (Å²) in [7, 11) is 3.33. The number of carbonyl (C=O) groups is 2. The standard InChI is InChI=1S/C15H26N4O3/c1-19(10-13(20)17-8-5-9-22-2)11-14(21)18-15(12-16)6-3-4-7-15/h3-11H2,1-2H3,(H,17,20)(H,18,21). The Balaban J connectivity index is 2.26. The van der Waals surface area contributed by atoms with E-state index in [-0.39, 0.29) is 24.9 Å². The molecule has 124 valence electrons. The maximum absolute atomic E-state index is 12.0. The van der Waals surface area contributed by atoms with Gasteiger partial charge in [-0.3, -0.25) is 14.5 Å². The minimum Gasteiger partial charge on any atom is -0.385 e. The highest BCUT2D eigenvalue weighted by atomic mass is 16.5. The number of carbonyl (C=O) groups excluding carboxylic acids is 2. The van der Waals surface area contributed by atoms with E-state index >= 15 is 0 Å². The molecule has 2 N–H and O–H groups in total. The zero-order chi connectivity index (χ0) is 16.4. The maximum atomic E-state index is 12.0. The number of likely N-dealkylation sites (N-methyl/N-ethyl adjacent to an activating group) is 1. The van der Waals surface area contributed by atoms with Crippen molar-refractivity contribution in [2.45, 2.75) is 37.6 Å². The van der Waals surface area contributed by atoms with E-state index in [1.807, 2.05) is 0 Å². The fourth-order valence-corrected chi connectivity index (χ4v) is 2.60. The molecule has 0 heterocycles. The molecule has 1 rings (SSSR count). The van der Waals surface area contributed by atoms with Gasteiger partial charge in [0.25, 0.3) is 0 Å². The fraction of sp³-hybridized carbons (Fsp3) is 0.800. The predicted octanol–water partition coefficient (Wildman–Crippen LogP) is 0.0235. The largest absolute Gasteiger partial charge is 0.385 e. The SMILES string of the molecule is COCCCNC(=O)CN(C)CC(=O)NC1(C#N)CCCC1. The minimum absolute atomic E-state index is 0.106. The number of methoxy groups -OCH3 is 1. The number of nitrogens with zero attached hydrogens (tertiary/aromatic N) is 2. The number of amides is 2. The third kappa shape index (κ3) is 6.41. The van der Waals surface area contributed by atoms with Crippen LogP contribution in [-0.4, -0.2) is 62.7 Å². The van der Waals surface area contributed by atoms with Gasteiger partial charge in [0.1, 0.15) is 5.54 Å². The van der Waals surface area contributed by atoms with Crippen molar-refractivity contribution in [3.63, 3.8) is 0 Å². The second-order valence-corrected chi connectivity index (χ2v) is 5.82. The molecule has 7 heteroatoms. The molecule has 22 heavy (non-hydrogen) atoms. The van der Waals surface area contributed by atoms with Gasteiger partial charge in [-0.05, 0) is 39.2 Å². The molecule has 1 saturated carbocycles. The first-order valence-electron chi connectivity index (χ1n) is 7.68. The molecule has 1 aliphatic rings. The monoisotopic (exact) mass is 310 g/mol. The van der Waals surface area contributed by atoms with Gasteiger partial charge in [0.05, 0.1) is 19.2 Å². The highest BCUT2D eigenvalue weighted by Crippen LogP contribution is 2.28. The van der Waals surface area contributed by atoms with E-state index in [1.165, 1.54) is 0 Å². The summed E-state index contributed by atoms with van der Waals surface area (Å²) in [6.07, 6.45) is 4.11. The molecular weight excluding hydrogens is 284 g/mol. The van der Waals surface area contributed by atoms with E-state index in [9.17, 15) is 14.9 Å². The second kappa shape index (κ2) is 9.38. The molecule has 0 saturated heterocycles. The summed E-state index contributed by atoms with van der Waals surface area (Å²) >= 11 is 0. The number of nitriles is 1. The first kappa shape index (κ1) is 18.4. The summed E-state index contributed by atoms with van der Waals surface area (Å²) in [6, 6.07) is 2.22. The Labute approximate surface area is 132 Å². The van der Waals surface area contributed by atoms with Crippen molar-refractivity contribution in [3.8, 4) is 6.07 Å². The van der Waals surface area contributed by atoms with Gasteiger partial charge in [-0.2, -0.15) is 5.26 Å². The predicted molar refractivity (Wildman–Crippen MR) is 82.0 cm³/mol. The smallest absolute Gasteiger partial charge is 0.235 e. The Morgan fingerprint density at radius 1 is 1.27 bits per heavy atom. The molecule has 0 radical (unpaired) electrons. The van der Waals surface area contributed by atoms with Gasteiger partial charge in [0.2, 0.25) is 11.8 Å². The van der Waals surface area contributed by atoms with E-state index in [2.05, 4.69) is 16.7 Å². The summed E-state index contributed by atoms with van der Waals surface area (Å²) in [5, 5.41) is 14.8. The highest BCUT2D eigenvalue weighted by Gasteiger charge is 2.35. The quantitative estimate of drug-likeness (QED) is 0.586. The molecule has 0 aromatic rings. The molecule has 1 fully saturated rings. The number of nitrogens with one attached hydrogen (secondary N) is 2. The lowest BCUT2D eigenvalue weighted by Crippen LogP contribution is -2.49. The molecule has 0 aromatic carbocycles. The number of hydrogen-bond acceptors (Lipinski definition) is 5. The summed E-state index contributed by atoms with van der Waals surface area (Å²) in [5.41, 5.74) is -0.708. The summed E-state index contributed by atoms with van der Waals surface area (Å²) < 4.78 is 4.90. The highest BCUT2D eigenvalue weighted by molar-refractivity contribution is 5.81. The Kier molecular flexibility index (Phi) is 7.85. The lowest BCUT2D eigenvalue weighted by molar-refractivity contribution is -0.125. The van der Waals surface area contributed by atoms with Crippen LogP contribution in [0.5, 0.6) is 0 Å². The van der Waals surface area contributed by atoms with Gasteiger partial charge in [-0.25, -0.2) is 0 Å². The van der Waals surface area contributed by atoms with Gasteiger partial charge >= 0.3 is 0 Å². The lowest BCUT2D eigenvalue weighted by atomic mass is 10.00. The van der Waals surface area contributed by atoms with Crippen molar-refractivity contribution < 1.29 is 14.3 Å². The van der Waals surface area contributed by atoms with Crippen LogP contribution in [0.2, 0.25) is 0 Å². The topological polar surface area (TPSA) is 94.5 Å². The summed E-state index contributed by atoms with van der Waals surface area (Å²) in [5.74, 6) is -0.333. The van der Waals surface area contributed by atoms with Crippen LogP contribution in [0.1, 0.15) is 32.1 Å². The van der Waals surface area contributed by atoms with Crippen molar-refractivity contribution in [3.05, 3.63) is 0 Å². The van der Waals surface area contributed by atoms with Crippen molar-refractivity contribution >= 4 is 11.8 Å². The van der Waals surface area contributed by atoms with Crippen LogP contribution in [-0.2, 0) is 14.3 Å². The van der Waals surface area contributed by atoms with Crippen molar-refractivity contribution in [2.24, 2.45) is 0 Å². The maximum Gasteiger partial charge on any atom is 0.235 e. The van der Waals surface area contributed by atoms with Gasteiger partial charge in [0, 0.05) is 20.3 Å². The van der Waals surface area contributed by atoms with Crippen molar-refractivity contribution in [2.75, 3.05) is 40.4 Å². The van der Waals surface area contributed by atoms with Crippen LogP contribution in [0.25, 0.3) is 0 Å². The van der Waals surface area contributed by atoms with E-state index < -0.39 is 5.54 Å². The van der Waals surface area contributed by atoms with E-state index in [4.69, 9.17) is 4.74 Å². The van der Waals surface area contributed by atoms with Crippen LogP contribution < -0.4 is 10.6 Å². The molecule has 2 amide bonds. The van der Waals surface area contributed by atoms with Crippen molar-refractivity contribution in [1.82, 2.24) is 15.5 Å². The third-order valence-corrected chi connectivity index (χ3v) is 3.72. The molecule has 0 unspecified atom stereocenters. The Hall–Kier alpha value is -1.65. The van der Waals surface area contributed by atoms with Crippen LogP contribution >= 0.6 is 0 Å². The number of hydrogen-bond donors (Lipinski definition) is 2. The first-order chi connectivity index (χ1) is 10.5. The van der Waals surface area contributed by atoms with Gasteiger partial charge in [0.15, 0.2) is 0 Å². The van der Waals surface area contributed by atoms with Crippen molar-refractivity contribution in [1.29, 1.82) is 5.26 Å². The van der Waals surface area contributed by atoms with Crippen LogP contribution in [0.3, 0.4) is 0 Å². The van der Waals surface area contributed by atoms with E-state index in [0.29, 0.717) is 26.0 Å². The Morgan fingerprint density at radius 3 is 2.50 bits per heavy atom. The van der Waals surface area contributed by atoms with Crippen LogP contribution in [0.4, 0.5) is 0 Å². The molecule has 0 aliphatic heterocycles. The molecule has 0 spiro atoms. The average Bonchev–Trinajstić information content (AvgIpc) is 2.92. The summed E-state index contributed by atoms with van der Waals surface area (Å²) in [4.78, 5) is 25.3. The molecule has 7 nitrogen and oxygen atoms in total. The zero-order valence-electron chi connectivity index (χ0n) is 13.5. The molecule has 0 atom stereocenters. The number of rotatable bonds is 9. The Bertz CT molecular complexity index is 414. The molecule has 0 aromatic heterocycles. The number of ether oxygens (including phenoxy) is 1. The van der Waals surface area contributed by atoms with Crippen LogP contribution in [0.15, 0.2) is 0 Å². The first-order valence-corrected chi connectivity index (χ1v) is 7.68. The normalized spacial score (nSPS) is 16.3. The second-order valence-electron chi connectivity index (χ2n) is 5.82. The molecule has 0 bridgehead atoms. The van der Waals surface area contributed by atoms with Gasteiger partial charge in [-0.15, -0.1) is 0 Å². The average molecular weight is 310 g/mol.